The Morgan fingerprint density at radius 1 is 1.28 bits per heavy atom. The molecule has 0 saturated heterocycles. The number of fused-ring (bicyclic) bond motifs is 1. The van der Waals surface area contributed by atoms with E-state index in [9.17, 15) is 0 Å². The number of hydrogen-bond donors (Lipinski definition) is 1. The van der Waals surface area contributed by atoms with Gasteiger partial charge in [-0.1, -0.05) is 38.1 Å². The molecule has 18 heavy (non-hydrogen) atoms. The molecule has 0 saturated carbocycles. The summed E-state index contributed by atoms with van der Waals surface area (Å²) in [6.45, 7) is 6.89. The smallest absolute Gasteiger partial charge is 0.0459 e. The van der Waals surface area contributed by atoms with Gasteiger partial charge in [0.1, 0.15) is 0 Å². The lowest BCUT2D eigenvalue weighted by Gasteiger charge is -2.34. The molecule has 100 valence electrons. The molecule has 3 atom stereocenters. The van der Waals surface area contributed by atoms with Crippen LogP contribution in [0.1, 0.15) is 44.4 Å². The van der Waals surface area contributed by atoms with Crippen molar-refractivity contribution >= 4 is 0 Å². The van der Waals surface area contributed by atoms with Crippen LogP contribution in [0.3, 0.4) is 0 Å². The monoisotopic (exact) mass is 246 g/mol. The summed E-state index contributed by atoms with van der Waals surface area (Å²) in [7, 11) is 2.23. The molecular formula is C16H26N2. The molecule has 2 heteroatoms. The van der Waals surface area contributed by atoms with Crippen molar-refractivity contribution in [2.75, 3.05) is 7.05 Å². The second-order valence-corrected chi connectivity index (χ2v) is 6.14. The van der Waals surface area contributed by atoms with Gasteiger partial charge in [-0.25, -0.2) is 0 Å². The molecule has 0 radical (unpaired) electrons. The van der Waals surface area contributed by atoms with E-state index in [1.165, 1.54) is 17.5 Å². The average molecular weight is 246 g/mol. The largest absolute Gasteiger partial charge is 0.323 e. The Kier molecular flexibility index (Phi) is 4.08. The summed E-state index contributed by atoms with van der Waals surface area (Å²) in [6, 6.07) is 9.83. The number of rotatable bonds is 4. The minimum Gasteiger partial charge on any atom is -0.323 e. The fraction of sp³-hybridized carbons (Fsp3) is 0.625. The molecule has 2 rings (SSSR count). The highest BCUT2D eigenvalue weighted by atomic mass is 15.2. The maximum Gasteiger partial charge on any atom is 0.0459 e. The number of nitrogens with zero attached hydrogens (tertiary/aromatic N) is 1. The highest BCUT2D eigenvalue weighted by molar-refractivity contribution is 5.36. The topological polar surface area (TPSA) is 29.3 Å². The quantitative estimate of drug-likeness (QED) is 0.885. The van der Waals surface area contributed by atoms with Gasteiger partial charge in [-0.2, -0.15) is 0 Å². The Hall–Kier alpha value is -0.860. The van der Waals surface area contributed by atoms with Crippen LogP contribution in [0.4, 0.5) is 0 Å². The Balaban J connectivity index is 2.08. The van der Waals surface area contributed by atoms with Crippen LogP contribution in [-0.2, 0) is 6.42 Å². The zero-order chi connectivity index (χ0) is 13.3. The summed E-state index contributed by atoms with van der Waals surface area (Å²) in [5.74, 6) is 0.738. The van der Waals surface area contributed by atoms with Crippen LogP contribution in [0.2, 0.25) is 0 Å². The first-order valence-electron chi connectivity index (χ1n) is 7.06. The van der Waals surface area contributed by atoms with Crippen LogP contribution >= 0.6 is 0 Å². The van der Waals surface area contributed by atoms with Crippen LogP contribution in [-0.4, -0.2) is 24.0 Å². The Morgan fingerprint density at radius 3 is 2.56 bits per heavy atom. The molecule has 3 unspecified atom stereocenters. The molecule has 0 aromatic heterocycles. The van der Waals surface area contributed by atoms with Gasteiger partial charge >= 0.3 is 0 Å². The van der Waals surface area contributed by atoms with Crippen molar-refractivity contribution in [2.45, 2.75) is 51.7 Å². The molecule has 0 fully saturated rings. The number of likely N-dealkylation sites (N-methyl/N-ethyl adjacent to an activating group) is 1. The maximum absolute atomic E-state index is 6.42. The van der Waals surface area contributed by atoms with E-state index in [1.54, 1.807) is 0 Å². The maximum atomic E-state index is 6.42. The minimum absolute atomic E-state index is 0.167. The predicted molar refractivity (Wildman–Crippen MR) is 77.5 cm³/mol. The molecule has 0 heterocycles. The van der Waals surface area contributed by atoms with Crippen LogP contribution in [0.5, 0.6) is 0 Å². The normalized spacial score (nSPS) is 24.6. The highest BCUT2D eigenvalue weighted by Crippen LogP contribution is 2.33. The summed E-state index contributed by atoms with van der Waals surface area (Å²) in [5, 5.41) is 0. The van der Waals surface area contributed by atoms with Crippen LogP contribution in [0, 0.1) is 5.92 Å². The molecule has 0 amide bonds. The third-order valence-electron chi connectivity index (χ3n) is 4.29. The zero-order valence-corrected chi connectivity index (χ0v) is 12.1. The lowest BCUT2D eigenvalue weighted by atomic mass is 10.0. The van der Waals surface area contributed by atoms with Gasteiger partial charge in [-0.15, -0.1) is 0 Å². The van der Waals surface area contributed by atoms with Gasteiger partial charge in [-0.05, 0) is 43.9 Å². The van der Waals surface area contributed by atoms with Crippen molar-refractivity contribution < 1.29 is 0 Å². The molecule has 0 bridgehead atoms. The Labute approximate surface area is 111 Å². The first-order chi connectivity index (χ1) is 8.50. The number of nitrogens with two attached hydrogens (primary N) is 1. The van der Waals surface area contributed by atoms with E-state index in [4.69, 9.17) is 5.73 Å². The van der Waals surface area contributed by atoms with E-state index in [2.05, 4.69) is 57.0 Å². The number of hydrogen-bond acceptors (Lipinski definition) is 2. The van der Waals surface area contributed by atoms with Gasteiger partial charge in [0.2, 0.25) is 0 Å². The van der Waals surface area contributed by atoms with Gasteiger partial charge in [0, 0.05) is 18.1 Å². The summed E-state index contributed by atoms with van der Waals surface area (Å²) >= 11 is 0. The molecule has 1 aromatic carbocycles. The van der Waals surface area contributed by atoms with Crippen molar-refractivity contribution in [3.05, 3.63) is 35.4 Å². The fourth-order valence-corrected chi connectivity index (χ4v) is 3.18. The Bertz CT molecular complexity index is 400. The lowest BCUT2D eigenvalue weighted by molar-refractivity contribution is 0.151. The summed E-state index contributed by atoms with van der Waals surface area (Å²) in [6.07, 6.45) is 2.33. The van der Waals surface area contributed by atoms with Crippen molar-refractivity contribution in [1.82, 2.24) is 4.90 Å². The van der Waals surface area contributed by atoms with Crippen molar-refractivity contribution in [3.8, 4) is 0 Å². The lowest BCUT2D eigenvalue weighted by Crippen LogP contribution is -2.43. The fourth-order valence-electron chi connectivity index (χ4n) is 3.18. The van der Waals surface area contributed by atoms with Gasteiger partial charge in [0.15, 0.2) is 0 Å². The van der Waals surface area contributed by atoms with E-state index in [1.807, 2.05) is 0 Å². The van der Waals surface area contributed by atoms with E-state index in [0.717, 1.165) is 12.3 Å². The number of benzene rings is 1. The average Bonchev–Trinajstić information content (AvgIpc) is 2.66. The minimum atomic E-state index is 0.167. The molecule has 1 aliphatic rings. The van der Waals surface area contributed by atoms with Crippen molar-refractivity contribution in [2.24, 2.45) is 11.7 Å². The van der Waals surface area contributed by atoms with Crippen LogP contribution < -0.4 is 5.73 Å². The first kappa shape index (κ1) is 13.6. The van der Waals surface area contributed by atoms with E-state index >= 15 is 0 Å². The zero-order valence-electron chi connectivity index (χ0n) is 12.1. The second-order valence-electron chi connectivity index (χ2n) is 6.14. The third-order valence-corrected chi connectivity index (χ3v) is 4.29. The molecule has 0 aliphatic heterocycles. The standard InChI is InChI=1S/C16H26N2/c1-11(2)9-12(3)18(4)15-10-13-7-5-6-8-14(13)16(15)17/h5-8,11-12,15-16H,9-10,17H2,1-4H3. The van der Waals surface area contributed by atoms with E-state index in [-0.39, 0.29) is 6.04 Å². The van der Waals surface area contributed by atoms with Crippen LogP contribution in [0.15, 0.2) is 24.3 Å². The Morgan fingerprint density at radius 2 is 1.94 bits per heavy atom. The van der Waals surface area contributed by atoms with Gasteiger partial charge in [0.05, 0.1) is 0 Å². The highest BCUT2D eigenvalue weighted by Gasteiger charge is 2.33. The summed E-state index contributed by atoms with van der Waals surface area (Å²) in [4.78, 5) is 2.48. The van der Waals surface area contributed by atoms with Crippen molar-refractivity contribution in [1.29, 1.82) is 0 Å². The van der Waals surface area contributed by atoms with E-state index in [0.29, 0.717) is 12.1 Å². The molecule has 2 N–H and O–H groups in total. The first-order valence-corrected chi connectivity index (χ1v) is 7.06. The van der Waals surface area contributed by atoms with Gasteiger partial charge in [0.25, 0.3) is 0 Å². The van der Waals surface area contributed by atoms with Gasteiger partial charge < -0.3 is 5.73 Å². The van der Waals surface area contributed by atoms with Gasteiger partial charge in [-0.3, -0.25) is 4.90 Å². The molecule has 1 aliphatic carbocycles. The summed E-state index contributed by atoms with van der Waals surface area (Å²) < 4.78 is 0. The molecule has 0 spiro atoms. The molecule has 2 nitrogen and oxygen atoms in total. The van der Waals surface area contributed by atoms with Crippen LogP contribution in [0.25, 0.3) is 0 Å². The predicted octanol–water partition coefficient (Wildman–Crippen LogP) is 2.98. The van der Waals surface area contributed by atoms with Crippen molar-refractivity contribution in [3.63, 3.8) is 0 Å². The second kappa shape index (κ2) is 5.41. The third kappa shape index (κ3) is 2.60. The van der Waals surface area contributed by atoms with E-state index < -0.39 is 0 Å². The SMILES string of the molecule is CC(C)CC(C)N(C)C1Cc2ccccc2C1N. The molecule has 1 aromatic rings. The molecular weight excluding hydrogens is 220 g/mol. The summed E-state index contributed by atoms with van der Waals surface area (Å²) in [5.41, 5.74) is 9.19.